The van der Waals surface area contributed by atoms with E-state index in [1.165, 1.54) is 4.90 Å². The number of halogens is 2. The van der Waals surface area contributed by atoms with Crippen LogP contribution in [0.4, 0.5) is 13.6 Å². The first-order valence-corrected chi connectivity index (χ1v) is 6.82. The standard InChI is InChI=1S/C12H21F2N3O3/c1-8-4-15-9(6-17(8)12(18)19)5-16-2-3-20-7-10(16)11(13)14/h8-11,15H,2-7H2,1H3,(H,18,19)/t8?,9?,10-/m0/s1. The minimum atomic E-state index is -2.45. The van der Waals surface area contributed by atoms with E-state index in [4.69, 9.17) is 9.84 Å². The maximum atomic E-state index is 12.9. The average molecular weight is 293 g/mol. The Morgan fingerprint density at radius 3 is 2.95 bits per heavy atom. The van der Waals surface area contributed by atoms with Gasteiger partial charge in [-0.15, -0.1) is 0 Å². The molecule has 2 rings (SSSR count). The fourth-order valence-electron chi connectivity index (χ4n) is 2.72. The van der Waals surface area contributed by atoms with Gasteiger partial charge in [-0.05, 0) is 6.92 Å². The van der Waals surface area contributed by atoms with Crippen LogP contribution in [0.25, 0.3) is 0 Å². The first kappa shape index (κ1) is 15.4. The predicted molar refractivity (Wildman–Crippen MR) is 68.2 cm³/mol. The van der Waals surface area contributed by atoms with Crippen molar-refractivity contribution < 1.29 is 23.4 Å². The zero-order chi connectivity index (χ0) is 14.7. The van der Waals surface area contributed by atoms with Crippen molar-refractivity contribution in [1.82, 2.24) is 15.1 Å². The van der Waals surface area contributed by atoms with Gasteiger partial charge in [-0.3, -0.25) is 4.90 Å². The molecule has 2 saturated heterocycles. The van der Waals surface area contributed by atoms with E-state index in [1.807, 2.05) is 6.92 Å². The predicted octanol–water partition coefficient (Wildman–Crippen LogP) is 0.293. The fraction of sp³-hybridized carbons (Fsp3) is 0.917. The second-order valence-electron chi connectivity index (χ2n) is 5.36. The van der Waals surface area contributed by atoms with Gasteiger partial charge < -0.3 is 20.1 Å². The highest BCUT2D eigenvalue weighted by atomic mass is 19.3. The molecule has 3 atom stereocenters. The van der Waals surface area contributed by atoms with Gasteiger partial charge in [0.25, 0.3) is 6.43 Å². The summed E-state index contributed by atoms with van der Waals surface area (Å²) in [6, 6.07) is -1.12. The summed E-state index contributed by atoms with van der Waals surface area (Å²) in [6.07, 6.45) is -3.41. The quantitative estimate of drug-likeness (QED) is 0.783. The molecule has 2 aliphatic heterocycles. The molecule has 0 aliphatic carbocycles. The smallest absolute Gasteiger partial charge is 0.407 e. The van der Waals surface area contributed by atoms with Gasteiger partial charge >= 0.3 is 6.09 Å². The molecular formula is C12H21F2N3O3. The van der Waals surface area contributed by atoms with E-state index in [0.717, 1.165) is 0 Å². The van der Waals surface area contributed by atoms with Crippen molar-refractivity contribution >= 4 is 6.09 Å². The Kier molecular flexibility index (Phi) is 5.11. The molecule has 1 amide bonds. The van der Waals surface area contributed by atoms with E-state index in [9.17, 15) is 13.6 Å². The molecule has 0 saturated carbocycles. The van der Waals surface area contributed by atoms with Gasteiger partial charge in [-0.2, -0.15) is 0 Å². The van der Waals surface area contributed by atoms with Crippen molar-refractivity contribution in [3.05, 3.63) is 0 Å². The van der Waals surface area contributed by atoms with Crippen LogP contribution in [0.15, 0.2) is 0 Å². The Hall–Kier alpha value is -0.990. The topological polar surface area (TPSA) is 65.0 Å². The minimum absolute atomic E-state index is 0.0312. The van der Waals surface area contributed by atoms with Gasteiger partial charge in [-0.1, -0.05) is 0 Å². The molecule has 0 radical (unpaired) electrons. The molecule has 0 spiro atoms. The van der Waals surface area contributed by atoms with E-state index in [0.29, 0.717) is 32.8 Å². The molecule has 0 aromatic heterocycles. The molecule has 0 aromatic rings. The third-order valence-electron chi connectivity index (χ3n) is 3.92. The highest BCUT2D eigenvalue weighted by molar-refractivity contribution is 5.65. The van der Waals surface area contributed by atoms with Gasteiger partial charge in [-0.25, -0.2) is 13.6 Å². The number of hydrogen-bond acceptors (Lipinski definition) is 4. The molecule has 2 unspecified atom stereocenters. The second-order valence-corrected chi connectivity index (χ2v) is 5.36. The van der Waals surface area contributed by atoms with Crippen molar-refractivity contribution in [2.24, 2.45) is 0 Å². The lowest BCUT2D eigenvalue weighted by atomic mass is 10.1. The van der Waals surface area contributed by atoms with Crippen molar-refractivity contribution in [1.29, 1.82) is 0 Å². The molecule has 8 heteroatoms. The number of morpholine rings is 1. The molecule has 2 heterocycles. The maximum Gasteiger partial charge on any atom is 0.407 e. The number of alkyl halides is 2. The number of ether oxygens (including phenoxy) is 1. The van der Waals surface area contributed by atoms with Crippen LogP contribution in [-0.4, -0.2) is 84.9 Å². The van der Waals surface area contributed by atoms with Crippen molar-refractivity contribution in [3.8, 4) is 0 Å². The van der Waals surface area contributed by atoms with Gasteiger partial charge in [0.15, 0.2) is 0 Å². The van der Waals surface area contributed by atoms with Crippen LogP contribution >= 0.6 is 0 Å². The van der Waals surface area contributed by atoms with Crippen LogP contribution in [0.5, 0.6) is 0 Å². The van der Waals surface area contributed by atoms with Crippen molar-refractivity contribution in [2.45, 2.75) is 31.5 Å². The number of hydrogen-bond donors (Lipinski definition) is 2. The van der Waals surface area contributed by atoms with Gasteiger partial charge in [0.2, 0.25) is 0 Å². The first-order chi connectivity index (χ1) is 9.49. The van der Waals surface area contributed by atoms with Gasteiger partial charge in [0.1, 0.15) is 0 Å². The van der Waals surface area contributed by atoms with Crippen molar-refractivity contribution in [2.75, 3.05) is 39.4 Å². The van der Waals surface area contributed by atoms with E-state index >= 15 is 0 Å². The summed E-state index contributed by atoms with van der Waals surface area (Å²) in [6.45, 7) is 4.03. The Balaban J connectivity index is 1.93. The normalized spacial score (nSPS) is 32.6. The fourth-order valence-corrected chi connectivity index (χ4v) is 2.72. The monoisotopic (exact) mass is 293 g/mol. The number of carboxylic acid groups (broad SMARTS) is 1. The number of carbonyl (C=O) groups is 1. The summed E-state index contributed by atoms with van der Waals surface area (Å²) in [5.41, 5.74) is 0. The highest BCUT2D eigenvalue weighted by Crippen LogP contribution is 2.16. The number of nitrogens with zero attached hydrogens (tertiary/aromatic N) is 2. The van der Waals surface area contributed by atoms with E-state index in [2.05, 4.69) is 5.32 Å². The van der Waals surface area contributed by atoms with Crippen LogP contribution in [0.3, 0.4) is 0 Å². The molecule has 6 nitrogen and oxygen atoms in total. The van der Waals surface area contributed by atoms with Crippen LogP contribution in [0.1, 0.15) is 6.92 Å². The Morgan fingerprint density at radius 2 is 2.30 bits per heavy atom. The zero-order valence-corrected chi connectivity index (χ0v) is 11.5. The number of rotatable bonds is 3. The molecule has 20 heavy (non-hydrogen) atoms. The van der Waals surface area contributed by atoms with Crippen molar-refractivity contribution in [3.63, 3.8) is 0 Å². The lowest BCUT2D eigenvalue weighted by Crippen LogP contribution is -2.62. The van der Waals surface area contributed by atoms with E-state index in [-0.39, 0.29) is 18.7 Å². The minimum Gasteiger partial charge on any atom is -0.465 e. The molecule has 2 N–H and O–H groups in total. The molecule has 116 valence electrons. The Labute approximate surface area is 116 Å². The third-order valence-corrected chi connectivity index (χ3v) is 3.92. The molecule has 2 aliphatic rings. The molecular weight excluding hydrogens is 272 g/mol. The first-order valence-electron chi connectivity index (χ1n) is 6.82. The summed E-state index contributed by atoms with van der Waals surface area (Å²) >= 11 is 0. The van der Waals surface area contributed by atoms with Crippen LogP contribution in [0, 0.1) is 0 Å². The lowest BCUT2D eigenvalue weighted by molar-refractivity contribution is -0.0754. The van der Waals surface area contributed by atoms with E-state index in [1.54, 1.807) is 4.90 Å². The van der Waals surface area contributed by atoms with Gasteiger partial charge in [0, 0.05) is 38.3 Å². The summed E-state index contributed by atoms with van der Waals surface area (Å²) in [4.78, 5) is 14.2. The molecule has 0 aromatic carbocycles. The summed E-state index contributed by atoms with van der Waals surface area (Å²) in [5.74, 6) is 0. The van der Waals surface area contributed by atoms with Crippen LogP contribution < -0.4 is 5.32 Å². The summed E-state index contributed by atoms with van der Waals surface area (Å²) in [7, 11) is 0. The zero-order valence-electron chi connectivity index (χ0n) is 11.5. The number of piperazine rings is 1. The molecule has 2 fully saturated rings. The largest absolute Gasteiger partial charge is 0.465 e. The van der Waals surface area contributed by atoms with E-state index < -0.39 is 18.6 Å². The summed E-state index contributed by atoms with van der Waals surface area (Å²) < 4.78 is 31.0. The Bertz CT molecular complexity index is 346. The lowest BCUT2D eigenvalue weighted by Gasteiger charge is -2.42. The van der Waals surface area contributed by atoms with Crippen LogP contribution in [-0.2, 0) is 4.74 Å². The van der Waals surface area contributed by atoms with Gasteiger partial charge in [0.05, 0.1) is 19.3 Å². The highest BCUT2D eigenvalue weighted by Gasteiger charge is 2.35. The number of nitrogens with one attached hydrogen (secondary N) is 1. The molecule has 0 bridgehead atoms. The summed E-state index contributed by atoms with van der Waals surface area (Å²) in [5, 5.41) is 12.3. The van der Waals surface area contributed by atoms with Crippen LogP contribution in [0.2, 0.25) is 0 Å². The SMILES string of the molecule is CC1CNC(CN2CCOC[C@H]2C(F)F)CN1C(=O)O. The second kappa shape index (κ2) is 6.64. The average Bonchev–Trinajstić information content (AvgIpc) is 2.41. The number of amides is 1. The maximum absolute atomic E-state index is 12.9. The third kappa shape index (κ3) is 3.56. The Morgan fingerprint density at radius 1 is 1.55 bits per heavy atom.